The molecule has 2 unspecified atom stereocenters. The fourth-order valence-electron chi connectivity index (χ4n) is 2.36. The molecule has 0 aliphatic rings. The van der Waals surface area contributed by atoms with Gasteiger partial charge in [-0.15, -0.1) is 13.2 Å². The number of hydrogen-bond acceptors (Lipinski definition) is 3. The first kappa shape index (κ1) is 19.6. The SMILES string of the molecule is C=CCCC(CCC)C(=O)OC(=O)C(CCC)CCC=C. The monoisotopic (exact) mass is 294 g/mol. The first-order chi connectivity index (χ1) is 10.1. The van der Waals surface area contributed by atoms with Crippen LogP contribution >= 0.6 is 0 Å². The Balaban J connectivity index is 4.55. The van der Waals surface area contributed by atoms with E-state index in [0.29, 0.717) is 12.8 Å². The van der Waals surface area contributed by atoms with Crippen molar-refractivity contribution in [1.82, 2.24) is 0 Å². The highest BCUT2D eigenvalue weighted by molar-refractivity contribution is 5.87. The summed E-state index contributed by atoms with van der Waals surface area (Å²) in [6.07, 6.45) is 9.84. The molecule has 0 aromatic carbocycles. The highest BCUT2D eigenvalue weighted by atomic mass is 16.6. The molecule has 0 saturated carbocycles. The van der Waals surface area contributed by atoms with Gasteiger partial charge in [0.15, 0.2) is 0 Å². The molecule has 3 nitrogen and oxygen atoms in total. The first-order valence-corrected chi connectivity index (χ1v) is 8.07. The summed E-state index contributed by atoms with van der Waals surface area (Å²) in [4.78, 5) is 24.3. The average Bonchev–Trinajstić information content (AvgIpc) is 2.47. The van der Waals surface area contributed by atoms with Crippen LogP contribution in [0, 0.1) is 11.8 Å². The number of carbonyl (C=O) groups is 2. The van der Waals surface area contributed by atoms with Gasteiger partial charge >= 0.3 is 11.9 Å². The van der Waals surface area contributed by atoms with Crippen LogP contribution in [0.4, 0.5) is 0 Å². The van der Waals surface area contributed by atoms with E-state index in [0.717, 1.165) is 38.5 Å². The summed E-state index contributed by atoms with van der Waals surface area (Å²) in [5.74, 6) is -1.14. The number of hydrogen-bond donors (Lipinski definition) is 0. The van der Waals surface area contributed by atoms with Gasteiger partial charge in [0.25, 0.3) is 0 Å². The molecule has 21 heavy (non-hydrogen) atoms. The van der Waals surface area contributed by atoms with Crippen molar-refractivity contribution >= 4 is 11.9 Å². The van der Waals surface area contributed by atoms with Gasteiger partial charge in [-0.05, 0) is 38.5 Å². The predicted molar refractivity (Wildman–Crippen MR) is 86.8 cm³/mol. The van der Waals surface area contributed by atoms with Crippen LogP contribution in [-0.4, -0.2) is 11.9 Å². The Labute approximate surface area is 129 Å². The Morgan fingerprint density at radius 1 is 0.857 bits per heavy atom. The van der Waals surface area contributed by atoms with Gasteiger partial charge in [0.1, 0.15) is 0 Å². The molecule has 0 fully saturated rings. The maximum atomic E-state index is 12.1. The van der Waals surface area contributed by atoms with Gasteiger partial charge in [-0.25, -0.2) is 0 Å². The van der Waals surface area contributed by atoms with Gasteiger partial charge in [-0.3, -0.25) is 9.59 Å². The van der Waals surface area contributed by atoms with Crippen molar-refractivity contribution in [2.45, 2.75) is 65.2 Å². The van der Waals surface area contributed by atoms with Crippen LogP contribution in [-0.2, 0) is 14.3 Å². The average molecular weight is 294 g/mol. The molecule has 0 aliphatic heterocycles. The van der Waals surface area contributed by atoms with Crippen LogP contribution in [0.1, 0.15) is 65.2 Å². The second kappa shape index (κ2) is 12.4. The molecule has 2 atom stereocenters. The maximum absolute atomic E-state index is 12.1. The van der Waals surface area contributed by atoms with E-state index < -0.39 is 0 Å². The number of carbonyl (C=O) groups excluding carboxylic acids is 2. The van der Waals surface area contributed by atoms with Crippen molar-refractivity contribution in [2.75, 3.05) is 0 Å². The number of ether oxygens (including phenoxy) is 1. The van der Waals surface area contributed by atoms with E-state index >= 15 is 0 Å². The van der Waals surface area contributed by atoms with Gasteiger partial charge in [0, 0.05) is 0 Å². The van der Waals surface area contributed by atoms with E-state index in [1.807, 2.05) is 13.8 Å². The number of allylic oxidation sites excluding steroid dienone is 2. The molecular weight excluding hydrogens is 264 g/mol. The van der Waals surface area contributed by atoms with E-state index in [1.54, 1.807) is 12.2 Å². The zero-order valence-corrected chi connectivity index (χ0v) is 13.6. The smallest absolute Gasteiger partial charge is 0.316 e. The van der Waals surface area contributed by atoms with E-state index in [9.17, 15) is 9.59 Å². The van der Waals surface area contributed by atoms with Gasteiger partial charge in [0.05, 0.1) is 11.8 Å². The summed E-state index contributed by atoms with van der Waals surface area (Å²) in [7, 11) is 0. The van der Waals surface area contributed by atoms with Crippen molar-refractivity contribution in [2.24, 2.45) is 11.8 Å². The summed E-state index contributed by atoms with van der Waals surface area (Å²) in [6, 6.07) is 0. The zero-order chi connectivity index (χ0) is 16.1. The lowest BCUT2D eigenvalue weighted by Crippen LogP contribution is -2.26. The lowest BCUT2D eigenvalue weighted by Gasteiger charge is -2.17. The van der Waals surface area contributed by atoms with Crippen molar-refractivity contribution in [3.63, 3.8) is 0 Å². The third-order valence-electron chi connectivity index (χ3n) is 3.58. The molecule has 0 aliphatic carbocycles. The lowest BCUT2D eigenvalue weighted by atomic mass is 9.96. The number of rotatable bonds is 12. The second-order valence-corrected chi connectivity index (χ2v) is 5.44. The van der Waals surface area contributed by atoms with Crippen molar-refractivity contribution in [3.8, 4) is 0 Å². The molecule has 0 aromatic heterocycles. The van der Waals surface area contributed by atoms with Gasteiger partial charge in [-0.1, -0.05) is 38.8 Å². The Kier molecular flexibility index (Phi) is 11.6. The molecule has 0 heterocycles. The highest BCUT2D eigenvalue weighted by Crippen LogP contribution is 2.20. The summed E-state index contributed by atoms with van der Waals surface area (Å²) < 4.78 is 5.13. The first-order valence-electron chi connectivity index (χ1n) is 8.07. The molecule has 0 N–H and O–H groups in total. The Morgan fingerprint density at radius 3 is 1.52 bits per heavy atom. The topological polar surface area (TPSA) is 43.4 Å². The fraction of sp³-hybridized carbons (Fsp3) is 0.667. The predicted octanol–water partition coefficient (Wildman–Crippen LogP) is 4.82. The molecule has 0 aromatic rings. The molecule has 0 saturated heterocycles. The zero-order valence-electron chi connectivity index (χ0n) is 13.6. The Hall–Kier alpha value is -1.38. The second-order valence-electron chi connectivity index (χ2n) is 5.44. The standard InChI is InChI=1S/C18H30O3/c1-5-9-13-15(11-7-3)17(19)21-18(20)16(12-8-4)14-10-6-2/h5-6,15-16H,1-2,7-14H2,3-4H3. The molecule has 0 bridgehead atoms. The maximum Gasteiger partial charge on any atom is 0.316 e. The summed E-state index contributed by atoms with van der Waals surface area (Å²) in [5.41, 5.74) is 0. The van der Waals surface area contributed by atoms with Crippen molar-refractivity contribution in [1.29, 1.82) is 0 Å². The minimum atomic E-state index is -0.372. The number of esters is 2. The van der Waals surface area contributed by atoms with E-state index in [-0.39, 0.29) is 23.8 Å². The van der Waals surface area contributed by atoms with E-state index in [1.165, 1.54) is 0 Å². The van der Waals surface area contributed by atoms with Crippen LogP contribution in [0.15, 0.2) is 25.3 Å². The Bertz CT molecular complexity index is 301. The minimum absolute atomic E-state index is 0.196. The van der Waals surface area contributed by atoms with E-state index in [4.69, 9.17) is 4.74 Å². The molecule has 0 rings (SSSR count). The van der Waals surface area contributed by atoms with Crippen LogP contribution in [0.5, 0.6) is 0 Å². The lowest BCUT2D eigenvalue weighted by molar-refractivity contribution is -0.166. The van der Waals surface area contributed by atoms with Gasteiger partial charge in [0.2, 0.25) is 0 Å². The largest absolute Gasteiger partial charge is 0.393 e. The molecular formula is C18H30O3. The Morgan fingerprint density at radius 2 is 1.24 bits per heavy atom. The third-order valence-corrected chi connectivity index (χ3v) is 3.58. The summed E-state index contributed by atoms with van der Waals surface area (Å²) >= 11 is 0. The minimum Gasteiger partial charge on any atom is -0.393 e. The molecule has 0 spiro atoms. The summed E-state index contributed by atoms with van der Waals surface area (Å²) in [6.45, 7) is 11.4. The highest BCUT2D eigenvalue weighted by Gasteiger charge is 2.25. The van der Waals surface area contributed by atoms with Crippen LogP contribution in [0.2, 0.25) is 0 Å². The molecule has 0 radical (unpaired) electrons. The quantitative estimate of drug-likeness (QED) is 0.294. The van der Waals surface area contributed by atoms with E-state index in [2.05, 4.69) is 13.2 Å². The molecule has 120 valence electrons. The van der Waals surface area contributed by atoms with Crippen LogP contribution in [0.3, 0.4) is 0 Å². The molecule has 0 amide bonds. The summed E-state index contributed by atoms with van der Waals surface area (Å²) in [5, 5.41) is 0. The molecule has 3 heteroatoms. The van der Waals surface area contributed by atoms with Crippen LogP contribution in [0.25, 0.3) is 0 Å². The van der Waals surface area contributed by atoms with Crippen molar-refractivity contribution < 1.29 is 14.3 Å². The fourth-order valence-corrected chi connectivity index (χ4v) is 2.36. The third kappa shape index (κ3) is 8.49. The van der Waals surface area contributed by atoms with Crippen LogP contribution < -0.4 is 0 Å². The van der Waals surface area contributed by atoms with Crippen molar-refractivity contribution in [3.05, 3.63) is 25.3 Å². The normalized spacial score (nSPS) is 13.2. The van der Waals surface area contributed by atoms with Gasteiger partial charge < -0.3 is 4.74 Å². The van der Waals surface area contributed by atoms with Gasteiger partial charge in [-0.2, -0.15) is 0 Å².